The summed E-state index contributed by atoms with van der Waals surface area (Å²) in [5, 5.41) is 9.68. The van der Waals surface area contributed by atoms with E-state index in [0.717, 1.165) is 18.4 Å². The molecule has 0 aromatic heterocycles. The lowest BCUT2D eigenvalue weighted by Gasteiger charge is -2.15. The molecule has 1 aromatic carbocycles. The van der Waals surface area contributed by atoms with Gasteiger partial charge in [0.05, 0.1) is 6.10 Å². The van der Waals surface area contributed by atoms with Crippen LogP contribution in [0.3, 0.4) is 0 Å². The molecule has 1 heterocycles. The summed E-state index contributed by atoms with van der Waals surface area (Å²) >= 11 is 0. The summed E-state index contributed by atoms with van der Waals surface area (Å²) in [6.45, 7) is 1.56. The number of hydrogen-bond donors (Lipinski definition) is 2. The average Bonchev–Trinajstić information content (AvgIpc) is 2.93. The molecule has 3 atom stereocenters. The van der Waals surface area contributed by atoms with Gasteiger partial charge in [-0.2, -0.15) is 5.06 Å². The first-order valence-electron chi connectivity index (χ1n) is 6.67. The molecule has 0 radical (unpaired) electrons. The smallest absolute Gasteiger partial charge is 0.339 e. The Balaban J connectivity index is 1.94. The third kappa shape index (κ3) is 3.94. The quantitative estimate of drug-likeness (QED) is 0.498. The van der Waals surface area contributed by atoms with E-state index in [1.54, 1.807) is 19.1 Å². The fourth-order valence-electron chi connectivity index (χ4n) is 2.13. The van der Waals surface area contributed by atoms with Gasteiger partial charge in [0, 0.05) is 0 Å². The van der Waals surface area contributed by atoms with E-state index in [1.165, 1.54) is 12.1 Å². The van der Waals surface area contributed by atoms with E-state index in [-0.39, 0.29) is 18.0 Å². The molecule has 0 unspecified atom stereocenters. The Morgan fingerprint density at radius 1 is 1.48 bits per heavy atom. The highest BCUT2D eigenvalue weighted by molar-refractivity contribution is 5.71. The molecule has 1 aliphatic rings. The van der Waals surface area contributed by atoms with Gasteiger partial charge in [-0.05, 0) is 37.5 Å². The van der Waals surface area contributed by atoms with Gasteiger partial charge >= 0.3 is 6.03 Å². The predicted molar refractivity (Wildman–Crippen MR) is 73.7 cm³/mol. The lowest BCUT2D eigenvalue weighted by Crippen LogP contribution is -2.38. The van der Waals surface area contributed by atoms with Crippen molar-refractivity contribution in [2.24, 2.45) is 5.73 Å². The summed E-state index contributed by atoms with van der Waals surface area (Å²) in [5.41, 5.74) is 5.85. The first-order chi connectivity index (χ1) is 9.97. The number of nitrogens with zero attached hydrogens (tertiary/aromatic N) is 1. The van der Waals surface area contributed by atoms with Crippen LogP contribution in [0.15, 0.2) is 24.3 Å². The van der Waals surface area contributed by atoms with Gasteiger partial charge in [-0.3, -0.25) is 5.21 Å². The number of amides is 2. The van der Waals surface area contributed by atoms with Gasteiger partial charge in [0.1, 0.15) is 18.0 Å². The van der Waals surface area contributed by atoms with Crippen molar-refractivity contribution < 1.29 is 19.1 Å². The largest absolute Gasteiger partial charge is 0.358 e. The fourth-order valence-corrected chi connectivity index (χ4v) is 2.13. The third-order valence-electron chi connectivity index (χ3n) is 3.31. The Kier molecular flexibility index (Phi) is 4.78. The van der Waals surface area contributed by atoms with E-state index < -0.39 is 12.1 Å². The second kappa shape index (κ2) is 6.57. The number of carbonyl (C=O) groups is 1. The van der Waals surface area contributed by atoms with Crippen molar-refractivity contribution in [3.05, 3.63) is 35.6 Å². The van der Waals surface area contributed by atoms with Gasteiger partial charge in [0.25, 0.3) is 0 Å². The van der Waals surface area contributed by atoms with Crippen molar-refractivity contribution in [2.75, 3.05) is 0 Å². The monoisotopic (exact) mass is 292 g/mol. The summed E-state index contributed by atoms with van der Waals surface area (Å²) in [7, 11) is 0. The van der Waals surface area contributed by atoms with Crippen LogP contribution in [0.25, 0.3) is 0 Å². The van der Waals surface area contributed by atoms with Crippen LogP contribution in [-0.2, 0) is 4.74 Å². The van der Waals surface area contributed by atoms with Crippen molar-refractivity contribution in [2.45, 2.75) is 38.0 Å². The minimum Gasteiger partial charge on any atom is -0.358 e. The zero-order valence-electron chi connectivity index (χ0n) is 11.6. The molecule has 3 N–H and O–H groups in total. The van der Waals surface area contributed by atoms with E-state index >= 15 is 0 Å². The van der Waals surface area contributed by atoms with Crippen molar-refractivity contribution >= 4 is 6.03 Å². The number of urea groups is 1. The topological polar surface area (TPSA) is 75.8 Å². The van der Waals surface area contributed by atoms with Gasteiger partial charge in [-0.25, -0.2) is 9.18 Å². The summed E-state index contributed by atoms with van der Waals surface area (Å²) < 4.78 is 18.6. The maximum absolute atomic E-state index is 12.9. The molecule has 112 valence electrons. The molecular weight excluding hydrogens is 275 g/mol. The number of benzene rings is 1. The zero-order chi connectivity index (χ0) is 15.4. The molecule has 21 heavy (non-hydrogen) atoms. The maximum atomic E-state index is 12.9. The molecule has 6 heteroatoms. The van der Waals surface area contributed by atoms with Crippen LogP contribution in [-0.4, -0.2) is 28.4 Å². The second-order valence-corrected chi connectivity index (χ2v) is 4.89. The normalized spacial score (nSPS) is 22.2. The molecule has 1 aliphatic heterocycles. The third-order valence-corrected chi connectivity index (χ3v) is 3.31. The van der Waals surface area contributed by atoms with Gasteiger partial charge < -0.3 is 10.5 Å². The average molecular weight is 292 g/mol. The van der Waals surface area contributed by atoms with E-state index in [4.69, 9.17) is 10.5 Å². The number of nitrogens with two attached hydrogens (primary N) is 1. The molecule has 2 amide bonds. The molecule has 0 bridgehead atoms. The molecule has 2 rings (SSSR count). The molecule has 1 fully saturated rings. The summed E-state index contributed by atoms with van der Waals surface area (Å²) in [6.07, 6.45) is 1.15. The van der Waals surface area contributed by atoms with Gasteiger partial charge in [0.2, 0.25) is 0 Å². The fraction of sp³-hybridized carbons (Fsp3) is 0.400. The van der Waals surface area contributed by atoms with Crippen LogP contribution in [0.5, 0.6) is 0 Å². The standard InChI is InChI=1S/C15H17FN2O3/c1-10(18(20)15(17)19)2-7-13-8-9-14(21-13)11-3-5-12(16)6-4-11/h3-6,10,13-14,20H,8-9H2,1H3,(H2,17,19)/t10-,13-,14+/m0/s1. The number of hydrogen-bond acceptors (Lipinski definition) is 3. The van der Waals surface area contributed by atoms with Crippen LogP contribution in [0.1, 0.15) is 31.4 Å². The Labute approximate surface area is 122 Å². The van der Waals surface area contributed by atoms with Crippen LogP contribution < -0.4 is 5.73 Å². The highest BCUT2D eigenvalue weighted by Gasteiger charge is 2.25. The van der Waals surface area contributed by atoms with E-state index in [2.05, 4.69) is 11.8 Å². The minimum atomic E-state index is -0.951. The highest BCUT2D eigenvalue weighted by Crippen LogP contribution is 2.32. The van der Waals surface area contributed by atoms with Crippen LogP contribution in [0.2, 0.25) is 0 Å². The number of ether oxygens (including phenoxy) is 1. The van der Waals surface area contributed by atoms with E-state index in [1.807, 2.05) is 0 Å². The zero-order valence-corrected chi connectivity index (χ0v) is 11.6. The lowest BCUT2D eigenvalue weighted by atomic mass is 10.1. The molecule has 1 aromatic rings. The number of halogens is 1. The van der Waals surface area contributed by atoms with Crippen molar-refractivity contribution in [1.29, 1.82) is 0 Å². The van der Waals surface area contributed by atoms with Gasteiger partial charge in [0.15, 0.2) is 0 Å². The summed E-state index contributed by atoms with van der Waals surface area (Å²) in [5.74, 6) is 5.32. The Hall–Kier alpha value is -2.10. The van der Waals surface area contributed by atoms with Gasteiger partial charge in [-0.1, -0.05) is 24.0 Å². The Bertz CT molecular complexity index is 565. The molecular formula is C15H17FN2O3. The Morgan fingerprint density at radius 2 is 2.14 bits per heavy atom. The van der Waals surface area contributed by atoms with Crippen LogP contribution >= 0.6 is 0 Å². The molecule has 0 saturated carbocycles. The number of primary amides is 1. The Morgan fingerprint density at radius 3 is 2.76 bits per heavy atom. The number of rotatable bonds is 2. The summed E-state index contributed by atoms with van der Waals surface area (Å²) in [6, 6.07) is 4.54. The second-order valence-electron chi connectivity index (χ2n) is 4.89. The maximum Gasteiger partial charge on any atom is 0.339 e. The molecule has 5 nitrogen and oxygen atoms in total. The highest BCUT2D eigenvalue weighted by atomic mass is 19.1. The van der Waals surface area contributed by atoms with Crippen molar-refractivity contribution in [3.8, 4) is 11.8 Å². The predicted octanol–water partition coefficient (Wildman–Crippen LogP) is 2.21. The molecule has 0 spiro atoms. The minimum absolute atomic E-state index is 0.110. The lowest BCUT2D eigenvalue weighted by molar-refractivity contribution is -0.0537. The van der Waals surface area contributed by atoms with Crippen molar-refractivity contribution in [1.82, 2.24) is 5.06 Å². The first-order valence-corrected chi connectivity index (χ1v) is 6.67. The van der Waals surface area contributed by atoms with Gasteiger partial charge in [-0.15, -0.1) is 0 Å². The summed E-state index contributed by atoms with van der Waals surface area (Å²) in [4.78, 5) is 10.8. The van der Waals surface area contributed by atoms with E-state index in [0.29, 0.717) is 5.06 Å². The molecule has 0 aliphatic carbocycles. The number of hydroxylamine groups is 2. The SMILES string of the molecule is C[C@@H](C#C[C@H]1CC[C@H](c2ccc(F)cc2)O1)N(O)C(N)=O. The van der Waals surface area contributed by atoms with Crippen molar-refractivity contribution in [3.63, 3.8) is 0 Å². The first kappa shape index (κ1) is 15.3. The van der Waals surface area contributed by atoms with Crippen LogP contribution in [0, 0.1) is 17.7 Å². The molecule has 1 saturated heterocycles. The number of carbonyl (C=O) groups excluding carboxylic acids is 1. The van der Waals surface area contributed by atoms with Crippen LogP contribution in [0.4, 0.5) is 9.18 Å². The van der Waals surface area contributed by atoms with E-state index in [9.17, 15) is 14.4 Å².